The second kappa shape index (κ2) is 5.57. The van der Waals surface area contributed by atoms with E-state index in [0.717, 1.165) is 32.2 Å². The molecule has 5 nitrogen and oxygen atoms in total. The molecule has 1 atom stereocenters. The van der Waals surface area contributed by atoms with Crippen molar-refractivity contribution in [3.8, 4) is 0 Å². The zero-order valence-electron chi connectivity index (χ0n) is 11.5. The Bertz CT molecular complexity index is 516. The van der Waals surface area contributed by atoms with Crippen molar-refractivity contribution in [1.29, 1.82) is 0 Å². The Labute approximate surface area is 113 Å². The van der Waals surface area contributed by atoms with Gasteiger partial charge in [-0.2, -0.15) is 0 Å². The number of hydrogen-bond donors (Lipinski definition) is 2. The fourth-order valence-corrected chi connectivity index (χ4v) is 2.67. The van der Waals surface area contributed by atoms with Gasteiger partial charge in [0.25, 0.3) is 0 Å². The fraction of sp³-hybridized carbons (Fsp3) is 0.571. The molecule has 2 heterocycles. The smallest absolute Gasteiger partial charge is 0.250 e. The second-order valence-corrected chi connectivity index (χ2v) is 5.18. The SMILES string of the molecule is CCCC1(C(=O)Nc2ccc(=O)n(C)c2)CCCN1. The molecule has 1 aliphatic rings. The molecule has 2 N–H and O–H groups in total. The van der Waals surface area contributed by atoms with Crippen LogP contribution >= 0.6 is 0 Å². The summed E-state index contributed by atoms with van der Waals surface area (Å²) in [5.74, 6) is 0.00509. The molecule has 1 aromatic heterocycles. The largest absolute Gasteiger partial charge is 0.323 e. The quantitative estimate of drug-likeness (QED) is 0.859. The molecular weight excluding hydrogens is 242 g/mol. The first-order valence-corrected chi connectivity index (χ1v) is 6.80. The number of aryl methyl sites for hydroxylation is 1. The van der Waals surface area contributed by atoms with Crippen LogP contribution in [0.1, 0.15) is 32.6 Å². The third kappa shape index (κ3) is 2.87. The van der Waals surface area contributed by atoms with Gasteiger partial charge in [-0.1, -0.05) is 13.3 Å². The van der Waals surface area contributed by atoms with Crippen molar-refractivity contribution >= 4 is 11.6 Å². The number of anilines is 1. The van der Waals surface area contributed by atoms with Crippen molar-refractivity contribution < 1.29 is 4.79 Å². The van der Waals surface area contributed by atoms with Crippen LogP contribution in [0, 0.1) is 0 Å². The molecule has 1 aromatic rings. The maximum Gasteiger partial charge on any atom is 0.250 e. The molecule has 0 aliphatic carbocycles. The maximum atomic E-state index is 12.5. The van der Waals surface area contributed by atoms with E-state index in [4.69, 9.17) is 0 Å². The molecule has 104 valence electrons. The molecule has 5 heteroatoms. The molecule has 1 amide bonds. The number of nitrogens with one attached hydrogen (secondary N) is 2. The Hall–Kier alpha value is -1.62. The number of hydrogen-bond acceptors (Lipinski definition) is 3. The first-order valence-electron chi connectivity index (χ1n) is 6.80. The van der Waals surface area contributed by atoms with Crippen LogP contribution in [-0.4, -0.2) is 22.6 Å². The van der Waals surface area contributed by atoms with Crippen molar-refractivity contribution in [1.82, 2.24) is 9.88 Å². The first-order chi connectivity index (χ1) is 9.07. The Morgan fingerprint density at radius 2 is 2.32 bits per heavy atom. The topological polar surface area (TPSA) is 63.1 Å². The van der Waals surface area contributed by atoms with E-state index in [-0.39, 0.29) is 11.5 Å². The monoisotopic (exact) mass is 263 g/mol. The lowest BCUT2D eigenvalue weighted by molar-refractivity contribution is -0.122. The molecule has 0 radical (unpaired) electrons. The van der Waals surface area contributed by atoms with Gasteiger partial charge in [0.15, 0.2) is 0 Å². The summed E-state index contributed by atoms with van der Waals surface area (Å²) < 4.78 is 1.46. The highest BCUT2D eigenvalue weighted by atomic mass is 16.2. The van der Waals surface area contributed by atoms with Crippen molar-refractivity contribution in [3.05, 3.63) is 28.7 Å². The van der Waals surface area contributed by atoms with E-state index in [0.29, 0.717) is 5.69 Å². The molecular formula is C14H21N3O2. The number of carbonyl (C=O) groups is 1. The van der Waals surface area contributed by atoms with Gasteiger partial charge in [-0.05, 0) is 31.9 Å². The summed E-state index contributed by atoms with van der Waals surface area (Å²) in [5.41, 5.74) is 0.139. The summed E-state index contributed by atoms with van der Waals surface area (Å²) in [6.07, 6.45) is 5.35. The Morgan fingerprint density at radius 3 is 2.89 bits per heavy atom. The minimum Gasteiger partial charge on any atom is -0.323 e. The van der Waals surface area contributed by atoms with Gasteiger partial charge in [0.2, 0.25) is 11.5 Å². The molecule has 19 heavy (non-hydrogen) atoms. The third-order valence-electron chi connectivity index (χ3n) is 3.70. The van der Waals surface area contributed by atoms with Gasteiger partial charge in [0.1, 0.15) is 0 Å². The highest BCUT2D eigenvalue weighted by Crippen LogP contribution is 2.26. The summed E-state index contributed by atoms with van der Waals surface area (Å²) in [6.45, 7) is 2.97. The molecule has 1 aliphatic heterocycles. The van der Waals surface area contributed by atoms with Gasteiger partial charge < -0.3 is 15.2 Å². The average Bonchev–Trinajstić information content (AvgIpc) is 2.84. The van der Waals surface area contributed by atoms with E-state index in [2.05, 4.69) is 17.6 Å². The van der Waals surface area contributed by atoms with Crippen LogP contribution in [0.5, 0.6) is 0 Å². The molecule has 0 spiro atoms. The number of amides is 1. The van der Waals surface area contributed by atoms with Crippen LogP contribution in [0.4, 0.5) is 5.69 Å². The Balaban J connectivity index is 2.14. The van der Waals surface area contributed by atoms with Crippen molar-refractivity contribution in [3.63, 3.8) is 0 Å². The van der Waals surface area contributed by atoms with Crippen LogP contribution in [0.3, 0.4) is 0 Å². The lowest BCUT2D eigenvalue weighted by atomic mass is 9.91. The Morgan fingerprint density at radius 1 is 1.53 bits per heavy atom. The minimum absolute atomic E-state index is 0.00509. The normalized spacial score (nSPS) is 22.4. The third-order valence-corrected chi connectivity index (χ3v) is 3.70. The van der Waals surface area contributed by atoms with E-state index in [9.17, 15) is 9.59 Å². The summed E-state index contributed by atoms with van der Waals surface area (Å²) in [5, 5.41) is 6.25. The number of pyridine rings is 1. The van der Waals surface area contributed by atoms with Gasteiger partial charge in [-0.25, -0.2) is 0 Å². The molecule has 1 fully saturated rings. The van der Waals surface area contributed by atoms with Crippen molar-refractivity contribution in [2.24, 2.45) is 7.05 Å². The molecule has 1 saturated heterocycles. The van der Waals surface area contributed by atoms with E-state index >= 15 is 0 Å². The van der Waals surface area contributed by atoms with Crippen molar-refractivity contribution in [2.75, 3.05) is 11.9 Å². The zero-order valence-corrected chi connectivity index (χ0v) is 11.5. The number of rotatable bonds is 4. The predicted molar refractivity (Wildman–Crippen MR) is 75.2 cm³/mol. The second-order valence-electron chi connectivity index (χ2n) is 5.18. The lowest BCUT2D eigenvalue weighted by Gasteiger charge is -2.27. The van der Waals surface area contributed by atoms with Crippen LogP contribution in [0.15, 0.2) is 23.1 Å². The van der Waals surface area contributed by atoms with Crippen LogP contribution < -0.4 is 16.2 Å². The molecule has 0 aromatic carbocycles. The van der Waals surface area contributed by atoms with Gasteiger partial charge in [-0.15, -0.1) is 0 Å². The lowest BCUT2D eigenvalue weighted by Crippen LogP contribution is -2.50. The summed E-state index contributed by atoms with van der Waals surface area (Å²) >= 11 is 0. The molecule has 1 unspecified atom stereocenters. The van der Waals surface area contributed by atoms with E-state index < -0.39 is 5.54 Å². The van der Waals surface area contributed by atoms with Crippen LogP contribution in [-0.2, 0) is 11.8 Å². The van der Waals surface area contributed by atoms with Crippen LogP contribution in [0.2, 0.25) is 0 Å². The Kier molecular flexibility index (Phi) is 4.04. The van der Waals surface area contributed by atoms with Gasteiger partial charge in [0, 0.05) is 19.3 Å². The van der Waals surface area contributed by atoms with Crippen LogP contribution in [0.25, 0.3) is 0 Å². The summed E-state index contributed by atoms with van der Waals surface area (Å²) in [6, 6.07) is 3.11. The van der Waals surface area contributed by atoms with E-state index in [1.165, 1.54) is 10.6 Å². The van der Waals surface area contributed by atoms with E-state index in [1.807, 2.05) is 0 Å². The fourth-order valence-electron chi connectivity index (χ4n) is 2.67. The van der Waals surface area contributed by atoms with E-state index in [1.54, 1.807) is 19.3 Å². The molecule has 0 bridgehead atoms. The number of nitrogens with zero attached hydrogens (tertiary/aromatic N) is 1. The minimum atomic E-state index is -0.441. The average molecular weight is 263 g/mol. The molecule has 2 rings (SSSR count). The predicted octanol–water partition coefficient (Wildman–Crippen LogP) is 1.25. The van der Waals surface area contributed by atoms with Gasteiger partial charge in [-0.3, -0.25) is 9.59 Å². The first kappa shape index (κ1) is 13.8. The standard InChI is InChI=1S/C14H21N3O2/c1-3-7-14(8-4-9-15-14)13(19)16-11-5-6-12(18)17(2)10-11/h5-6,10,15H,3-4,7-9H2,1-2H3,(H,16,19). The molecule has 0 saturated carbocycles. The summed E-state index contributed by atoms with van der Waals surface area (Å²) in [4.78, 5) is 23.8. The maximum absolute atomic E-state index is 12.5. The highest BCUT2D eigenvalue weighted by Gasteiger charge is 2.39. The summed E-state index contributed by atoms with van der Waals surface area (Å²) in [7, 11) is 1.67. The highest BCUT2D eigenvalue weighted by molar-refractivity contribution is 5.98. The van der Waals surface area contributed by atoms with Gasteiger partial charge in [0.05, 0.1) is 11.2 Å². The zero-order chi connectivity index (χ0) is 13.9. The van der Waals surface area contributed by atoms with Gasteiger partial charge >= 0.3 is 0 Å². The number of carbonyl (C=O) groups excluding carboxylic acids is 1. The number of aromatic nitrogens is 1. The van der Waals surface area contributed by atoms with Crippen molar-refractivity contribution in [2.45, 2.75) is 38.1 Å².